The molecule has 0 bridgehead atoms. The van der Waals surface area contributed by atoms with E-state index in [1.54, 1.807) is 12.1 Å². The summed E-state index contributed by atoms with van der Waals surface area (Å²) in [5.41, 5.74) is 5.17. The summed E-state index contributed by atoms with van der Waals surface area (Å²) in [7, 11) is 0. The lowest BCUT2D eigenvalue weighted by Crippen LogP contribution is -2.19. The number of carbonyl (C=O) groups is 1. The lowest BCUT2D eigenvalue weighted by Gasteiger charge is -2.05. The van der Waals surface area contributed by atoms with E-state index < -0.39 is 0 Å². The van der Waals surface area contributed by atoms with Crippen LogP contribution in [0.4, 0.5) is 0 Å². The summed E-state index contributed by atoms with van der Waals surface area (Å²) in [6, 6.07) is 13.1. The van der Waals surface area contributed by atoms with Crippen molar-refractivity contribution in [1.82, 2.24) is 5.43 Å². The molecule has 0 aromatic heterocycles. The van der Waals surface area contributed by atoms with Crippen LogP contribution >= 0.6 is 15.9 Å². The van der Waals surface area contributed by atoms with Gasteiger partial charge in [-0.2, -0.15) is 5.10 Å². The second kappa shape index (κ2) is 7.49. The van der Waals surface area contributed by atoms with Crippen LogP contribution in [-0.4, -0.2) is 18.4 Å². The fourth-order valence-electron chi connectivity index (χ4n) is 2.29. The largest absolute Gasteiger partial charge is 0.454 e. The van der Waals surface area contributed by atoms with Gasteiger partial charge in [0.2, 0.25) is 6.79 Å². The monoisotopic (exact) mass is 388 g/mol. The summed E-state index contributed by atoms with van der Waals surface area (Å²) < 4.78 is 11.6. The smallest absolute Gasteiger partial charge is 0.271 e. The summed E-state index contributed by atoms with van der Waals surface area (Å²) in [6.45, 7) is 2.18. The van der Waals surface area contributed by atoms with Gasteiger partial charge < -0.3 is 9.47 Å². The standard InChI is InChI=1S/C18H17BrN2O3/c1-12(20-21-18(22)14-5-7-15(19)8-6-14)2-3-13-4-9-16-17(10-13)24-11-23-16/h4-10H,2-3,11H2,1H3,(H,21,22). The maximum atomic E-state index is 12.0. The number of fused-ring (bicyclic) bond motifs is 1. The van der Waals surface area contributed by atoms with Crippen molar-refractivity contribution in [3.8, 4) is 11.5 Å². The Hall–Kier alpha value is -2.34. The van der Waals surface area contributed by atoms with E-state index in [-0.39, 0.29) is 12.7 Å². The van der Waals surface area contributed by atoms with Crippen molar-refractivity contribution in [3.63, 3.8) is 0 Å². The molecule has 2 aromatic carbocycles. The third-order valence-corrected chi connectivity index (χ3v) is 4.20. The van der Waals surface area contributed by atoms with Crippen LogP contribution in [0.25, 0.3) is 0 Å². The molecule has 1 N–H and O–H groups in total. The summed E-state index contributed by atoms with van der Waals surface area (Å²) in [6.07, 6.45) is 1.57. The number of nitrogens with one attached hydrogen (secondary N) is 1. The summed E-state index contributed by atoms with van der Waals surface area (Å²) >= 11 is 3.34. The highest BCUT2D eigenvalue weighted by Crippen LogP contribution is 2.32. The highest BCUT2D eigenvalue weighted by molar-refractivity contribution is 9.10. The molecule has 0 radical (unpaired) electrons. The zero-order chi connectivity index (χ0) is 16.9. The van der Waals surface area contributed by atoms with Crippen LogP contribution in [0, 0.1) is 0 Å². The van der Waals surface area contributed by atoms with Gasteiger partial charge in [-0.05, 0) is 61.7 Å². The van der Waals surface area contributed by atoms with Crippen LogP contribution in [0.5, 0.6) is 11.5 Å². The molecule has 6 heteroatoms. The Labute approximate surface area is 148 Å². The zero-order valence-corrected chi connectivity index (χ0v) is 14.8. The third-order valence-electron chi connectivity index (χ3n) is 3.67. The highest BCUT2D eigenvalue weighted by Gasteiger charge is 2.13. The minimum absolute atomic E-state index is 0.218. The molecule has 0 fully saturated rings. The van der Waals surface area contributed by atoms with E-state index in [1.807, 2.05) is 37.3 Å². The number of carbonyl (C=O) groups excluding carboxylic acids is 1. The number of amides is 1. The van der Waals surface area contributed by atoms with Gasteiger partial charge in [0.05, 0.1) is 0 Å². The van der Waals surface area contributed by atoms with Crippen LogP contribution < -0.4 is 14.9 Å². The molecule has 1 heterocycles. The van der Waals surface area contributed by atoms with E-state index in [0.717, 1.165) is 40.1 Å². The Bertz CT molecular complexity index is 772. The molecule has 0 saturated heterocycles. The Morgan fingerprint density at radius 1 is 1.17 bits per heavy atom. The molecule has 0 unspecified atom stereocenters. The molecule has 1 aliphatic rings. The molecule has 124 valence electrons. The summed E-state index contributed by atoms with van der Waals surface area (Å²) in [5.74, 6) is 1.35. The summed E-state index contributed by atoms with van der Waals surface area (Å²) in [5, 5.41) is 4.16. The fraction of sp³-hybridized carbons (Fsp3) is 0.222. The van der Waals surface area contributed by atoms with Gasteiger partial charge in [-0.3, -0.25) is 4.79 Å². The van der Waals surface area contributed by atoms with E-state index in [9.17, 15) is 4.79 Å². The van der Waals surface area contributed by atoms with Crippen molar-refractivity contribution in [2.24, 2.45) is 5.10 Å². The quantitative estimate of drug-likeness (QED) is 0.623. The molecule has 1 aliphatic heterocycles. The molecule has 24 heavy (non-hydrogen) atoms. The van der Waals surface area contributed by atoms with E-state index in [2.05, 4.69) is 26.5 Å². The Morgan fingerprint density at radius 3 is 2.71 bits per heavy atom. The number of hydrazone groups is 1. The molecular weight excluding hydrogens is 372 g/mol. The van der Waals surface area contributed by atoms with Gasteiger partial charge >= 0.3 is 0 Å². The molecule has 3 rings (SSSR count). The molecule has 0 aliphatic carbocycles. The molecule has 0 spiro atoms. The van der Waals surface area contributed by atoms with Crippen LogP contribution in [0.2, 0.25) is 0 Å². The highest BCUT2D eigenvalue weighted by atomic mass is 79.9. The van der Waals surface area contributed by atoms with Crippen LogP contribution in [-0.2, 0) is 6.42 Å². The van der Waals surface area contributed by atoms with Crippen molar-refractivity contribution < 1.29 is 14.3 Å². The van der Waals surface area contributed by atoms with Gasteiger partial charge in [0.1, 0.15) is 0 Å². The van der Waals surface area contributed by atoms with Gasteiger partial charge in [0.15, 0.2) is 11.5 Å². The van der Waals surface area contributed by atoms with Crippen LogP contribution in [0.1, 0.15) is 29.3 Å². The topological polar surface area (TPSA) is 59.9 Å². The average molecular weight is 389 g/mol. The second-order valence-electron chi connectivity index (χ2n) is 5.48. The van der Waals surface area contributed by atoms with Gasteiger partial charge in [0.25, 0.3) is 5.91 Å². The Kier molecular flexibility index (Phi) is 5.15. The maximum Gasteiger partial charge on any atom is 0.271 e. The molecular formula is C18H17BrN2O3. The van der Waals surface area contributed by atoms with E-state index >= 15 is 0 Å². The van der Waals surface area contributed by atoms with Crippen molar-refractivity contribution in [2.75, 3.05) is 6.79 Å². The number of aryl methyl sites for hydroxylation is 1. The van der Waals surface area contributed by atoms with Crippen molar-refractivity contribution in [2.45, 2.75) is 19.8 Å². The SMILES string of the molecule is CC(CCc1ccc2c(c1)OCO2)=NNC(=O)c1ccc(Br)cc1. The lowest BCUT2D eigenvalue weighted by molar-refractivity contribution is 0.0954. The summed E-state index contributed by atoms with van der Waals surface area (Å²) in [4.78, 5) is 12.0. The average Bonchev–Trinajstić information content (AvgIpc) is 3.06. The van der Waals surface area contributed by atoms with E-state index in [4.69, 9.17) is 9.47 Å². The number of hydrogen-bond donors (Lipinski definition) is 1. The predicted octanol–water partition coefficient (Wildman–Crippen LogP) is 3.92. The number of ether oxygens (including phenoxy) is 2. The van der Waals surface area contributed by atoms with Crippen molar-refractivity contribution in [3.05, 3.63) is 58.1 Å². The molecule has 2 aromatic rings. The normalized spacial score (nSPS) is 13.0. The van der Waals surface area contributed by atoms with Crippen molar-refractivity contribution in [1.29, 1.82) is 0 Å². The van der Waals surface area contributed by atoms with Crippen molar-refractivity contribution >= 4 is 27.5 Å². The van der Waals surface area contributed by atoms with Gasteiger partial charge in [-0.25, -0.2) is 5.43 Å². The van der Waals surface area contributed by atoms with Crippen LogP contribution in [0.15, 0.2) is 52.0 Å². The first kappa shape index (κ1) is 16.5. The molecule has 0 saturated carbocycles. The second-order valence-corrected chi connectivity index (χ2v) is 6.40. The minimum Gasteiger partial charge on any atom is -0.454 e. The molecule has 0 atom stereocenters. The number of nitrogens with zero attached hydrogens (tertiary/aromatic N) is 1. The molecule has 1 amide bonds. The Morgan fingerprint density at radius 2 is 1.92 bits per heavy atom. The number of halogens is 1. The first-order chi connectivity index (χ1) is 11.6. The first-order valence-corrected chi connectivity index (χ1v) is 8.39. The first-order valence-electron chi connectivity index (χ1n) is 7.59. The number of hydrogen-bond acceptors (Lipinski definition) is 4. The lowest BCUT2D eigenvalue weighted by atomic mass is 10.1. The maximum absolute atomic E-state index is 12.0. The predicted molar refractivity (Wildman–Crippen MR) is 95.6 cm³/mol. The fourth-order valence-corrected chi connectivity index (χ4v) is 2.55. The number of rotatable bonds is 5. The van der Waals surface area contributed by atoms with Gasteiger partial charge in [-0.15, -0.1) is 0 Å². The zero-order valence-electron chi connectivity index (χ0n) is 13.2. The van der Waals surface area contributed by atoms with E-state index in [0.29, 0.717) is 5.56 Å². The number of benzene rings is 2. The minimum atomic E-state index is -0.218. The van der Waals surface area contributed by atoms with Gasteiger partial charge in [0, 0.05) is 15.7 Å². The van der Waals surface area contributed by atoms with Gasteiger partial charge in [-0.1, -0.05) is 22.0 Å². The van der Waals surface area contributed by atoms with Crippen LogP contribution in [0.3, 0.4) is 0 Å². The Balaban J connectivity index is 1.52. The third kappa shape index (κ3) is 4.14. The molecule has 5 nitrogen and oxygen atoms in total. The van der Waals surface area contributed by atoms with E-state index in [1.165, 1.54) is 0 Å².